The first-order valence-corrected chi connectivity index (χ1v) is 7.89. The number of aryl methyl sites for hydroxylation is 1. The monoisotopic (exact) mass is 306 g/mol. The molecule has 1 fully saturated rings. The first kappa shape index (κ1) is 14.4. The number of hydrogen-bond donors (Lipinski definition) is 2. The summed E-state index contributed by atoms with van der Waals surface area (Å²) in [5, 5.41) is 10.5. The second kappa shape index (κ2) is 5.55. The van der Waals surface area contributed by atoms with Crippen molar-refractivity contribution in [1.82, 2.24) is 9.84 Å². The standard InChI is InChI=1S/C10H14N2O5S2/c1-7-6-8(18-9(7)10(13)14)19(15,16)11-12-2-4-17-5-3-12/h6,11H,2-5H2,1H3,(H,13,14). The van der Waals surface area contributed by atoms with Crippen LogP contribution in [-0.4, -0.2) is 50.8 Å². The molecule has 0 aromatic carbocycles. The molecule has 0 spiro atoms. The van der Waals surface area contributed by atoms with Gasteiger partial charge in [0.15, 0.2) is 0 Å². The summed E-state index contributed by atoms with van der Waals surface area (Å²) < 4.78 is 29.4. The molecule has 7 nitrogen and oxygen atoms in total. The van der Waals surface area contributed by atoms with Gasteiger partial charge in [-0.3, -0.25) is 0 Å². The fraction of sp³-hybridized carbons (Fsp3) is 0.500. The molecular formula is C10H14N2O5S2. The third-order valence-electron chi connectivity index (χ3n) is 2.61. The van der Waals surface area contributed by atoms with Gasteiger partial charge >= 0.3 is 5.97 Å². The van der Waals surface area contributed by atoms with Crippen molar-refractivity contribution in [2.45, 2.75) is 11.1 Å². The second-order valence-corrected chi connectivity index (χ2v) is 7.02. The van der Waals surface area contributed by atoms with Gasteiger partial charge in [0.05, 0.1) is 13.2 Å². The lowest BCUT2D eigenvalue weighted by Crippen LogP contribution is -2.48. The van der Waals surface area contributed by atoms with Gasteiger partial charge in [-0.1, -0.05) is 0 Å². The Balaban J connectivity index is 2.19. The predicted molar refractivity (Wildman–Crippen MR) is 68.7 cm³/mol. The van der Waals surface area contributed by atoms with Gasteiger partial charge in [-0.25, -0.2) is 18.2 Å². The van der Waals surface area contributed by atoms with Crippen LogP contribution >= 0.6 is 11.3 Å². The number of carboxylic acid groups (broad SMARTS) is 1. The molecule has 0 aliphatic carbocycles. The van der Waals surface area contributed by atoms with Crippen molar-refractivity contribution in [3.8, 4) is 0 Å². The van der Waals surface area contributed by atoms with Crippen LogP contribution in [0.2, 0.25) is 0 Å². The number of ether oxygens (including phenoxy) is 1. The molecule has 0 bridgehead atoms. The van der Waals surface area contributed by atoms with Crippen LogP contribution in [0.3, 0.4) is 0 Å². The number of aromatic carboxylic acids is 1. The molecule has 1 saturated heterocycles. The molecule has 2 N–H and O–H groups in total. The second-order valence-electron chi connectivity index (χ2n) is 4.08. The molecule has 1 aliphatic heterocycles. The fourth-order valence-corrected chi connectivity index (χ4v) is 4.16. The van der Waals surface area contributed by atoms with Gasteiger partial charge in [0.25, 0.3) is 10.0 Å². The number of morpholine rings is 1. The number of carbonyl (C=O) groups is 1. The van der Waals surface area contributed by atoms with E-state index < -0.39 is 16.0 Å². The molecule has 1 aliphatic rings. The average molecular weight is 306 g/mol. The lowest BCUT2D eigenvalue weighted by atomic mass is 10.3. The Morgan fingerprint density at radius 2 is 2.11 bits per heavy atom. The van der Waals surface area contributed by atoms with E-state index in [4.69, 9.17) is 9.84 Å². The van der Waals surface area contributed by atoms with Crippen LogP contribution in [0, 0.1) is 6.92 Å². The Hall–Kier alpha value is -1.00. The Kier molecular flexibility index (Phi) is 4.21. The van der Waals surface area contributed by atoms with Gasteiger partial charge in [0, 0.05) is 13.1 Å². The normalized spacial score (nSPS) is 17.5. The lowest BCUT2D eigenvalue weighted by Gasteiger charge is -2.26. The molecule has 9 heteroatoms. The maximum Gasteiger partial charge on any atom is 0.346 e. The number of rotatable bonds is 4. The van der Waals surface area contributed by atoms with Crippen molar-refractivity contribution in [3.05, 3.63) is 16.5 Å². The van der Waals surface area contributed by atoms with Gasteiger partial charge in [-0.15, -0.1) is 16.2 Å². The Morgan fingerprint density at radius 1 is 1.47 bits per heavy atom. The predicted octanol–water partition coefficient (Wildman–Crippen LogP) is 0.280. The highest BCUT2D eigenvalue weighted by atomic mass is 32.2. The molecule has 0 radical (unpaired) electrons. The molecule has 0 amide bonds. The van der Waals surface area contributed by atoms with E-state index in [0.29, 0.717) is 31.9 Å². The number of hydrogen-bond acceptors (Lipinski definition) is 6. The van der Waals surface area contributed by atoms with Crippen molar-refractivity contribution in [2.24, 2.45) is 0 Å². The summed E-state index contributed by atoms with van der Waals surface area (Å²) in [6, 6.07) is 1.37. The van der Waals surface area contributed by atoms with Crippen LogP contribution in [0.1, 0.15) is 15.2 Å². The fourth-order valence-electron chi connectivity index (χ4n) is 1.67. The van der Waals surface area contributed by atoms with Gasteiger partial charge in [-0.05, 0) is 18.6 Å². The van der Waals surface area contributed by atoms with Crippen molar-refractivity contribution in [3.63, 3.8) is 0 Å². The highest BCUT2D eigenvalue weighted by Gasteiger charge is 2.24. The van der Waals surface area contributed by atoms with E-state index in [-0.39, 0.29) is 9.09 Å². The van der Waals surface area contributed by atoms with Gasteiger partial charge in [-0.2, -0.15) is 0 Å². The van der Waals surface area contributed by atoms with E-state index in [1.165, 1.54) is 6.07 Å². The zero-order valence-corrected chi connectivity index (χ0v) is 11.9. The molecule has 2 rings (SSSR count). The topological polar surface area (TPSA) is 95.9 Å². The molecule has 2 heterocycles. The minimum absolute atomic E-state index is 0.00823. The minimum Gasteiger partial charge on any atom is -0.477 e. The van der Waals surface area contributed by atoms with Gasteiger partial charge < -0.3 is 9.84 Å². The molecule has 1 aromatic rings. The number of nitrogens with one attached hydrogen (secondary N) is 1. The summed E-state index contributed by atoms with van der Waals surface area (Å²) in [6.07, 6.45) is 0. The molecule has 0 unspecified atom stereocenters. The summed E-state index contributed by atoms with van der Waals surface area (Å²) in [5.41, 5.74) is 0.444. The third-order valence-corrected chi connectivity index (χ3v) is 5.69. The van der Waals surface area contributed by atoms with E-state index >= 15 is 0 Å². The highest BCUT2D eigenvalue weighted by Crippen LogP contribution is 2.26. The summed E-state index contributed by atoms with van der Waals surface area (Å²) in [4.78, 5) is 13.4. The van der Waals surface area contributed by atoms with E-state index in [2.05, 4.69) is 4.83 Å². The van der Waals surface area contributed by atoms with E-state index in [9.17, 15) is 13.2 Å². The third kappa shape index (κ3) is 3.31. The van der Waals surface area contributed by atoms with Crippen molar-refractivity contribution in [2.75, 3.05) is 26.3 Å². The zero-order chi connectivity index (χ0) is 14.0. The maximum atomic E-state index is 12.1. The van der Waals surface area contributed by atoms with Crippen molar-refractivity contribution >= 4 is 27.3 Å². The van der Waals surface area contributed by atoms with Crippen LogP contribution in [-0.2, 0) is 14.8 Å². The lowest BCUT2D eigenvalue weighted by molar-refractivity contribution is 0.0272. The Bertz CT molecular complexity index is 575. The van der Waals surface area contributed by atoms with Gasteiger partial charge in [0.1, 0.15) is 9.09 Å². The average Bonchev–Trinajstić information content (AvgIpc) is 2.73. The molecule has 19 heavy (non-hydrogen) atoms. The van der Waals surface area contributed by atoms with E-state index in [1.807, 2.05) is 0 Å². The molecule has 106 valence electrons. The smallest absolute Gasteiger partial charge is 0.346 e. The molecule has 0 saturated carbocycles. The molecule has 0 atom stereocenters. The van der Waals surface area contributed by atoms with Crippen LogP contribution in [0.4, 0.5) is 0 Å². The summed E-state index contributed by atoms with van der Waals surface area (Å²) in [5.74, 6) is -1.12. The number of carboxylic acids is 1. The first-order chi connectivity index (χ1) is 8.90. The van der Waals surface area contributed by atoms with Gasteiger partial charge in [0.2, 0.25) is 0 Å². The quantitative estimate of drug-likeness (QED) is 0.829. The van der Waals surface area contributed by atoms with Crippen molar-refractivity contribution in [1.29, 1.82) is 0 Å². The Labute approximate surface area is 114 Å². The van der Waals surface area contributed by atoms with Crippen LogP contribution in [0.15, 0.2) is 10.3 Å². The van der Waals surface area contributed by atoms with E-state index in [0.717, 1.165) is 11.3 Å². The summed E-state index contributed by atoms with van der Waals surface area (Å²) >= 11 is 0.755. The number of thiophene rings is 1. The van der Waals surface area contributed by atoms with E-state index in [1.54, 1.807) is 11.9 Å². The molecule has 1 aromatic heterocycles. The number of sulfonamides is 1. The van der Waals surface area contributed by atoms with Crippen LogP contribution in [0.25, 0.3) is 0 Å². The zero-order valence-electron chi connectivity index (χ0n) is 10.2. The first-order valence-electron chi connectivity index (χ1n) is 5.59. The molecular weight excluding hydrogens is 292 g/mol. The number of nitrogens with zero attached hydrogens (tertiary/aromatic N) is 1. The maximum absolute atomic E-state index is 12.1. The Morgan fingerprint density at radius 3 is 2.63 bits per heavy atom. The number of hydrazine groups is 1. The highest BCUT2D eigenvalue weighted by molar-refractivity contribution is 7.91. The summed E-state index contributed by atoms with van der Waals surface area (Å²) in [7, 11) is -3.72. The largest absolute Gasteiger partial charge is 0.477 e. The van der Waals surface area contributed by atoms with Crippen molar-refractivity contribution < 1.29 is 23.1 Å². The van der Waals surface area contributed by atoms with Crippen LogP contribution in [0.5, 0.6) is 0 Å². The minimum atomic E-state index is -3.72. The van der Waals surface area contributed by atoms with Crippen LogP contribution < -0.4 is 4.83 Å². The SMILES string of the molecule is Cc1cc(S(=O)(=O)NN2CCOCC2)sc1C(=O)O. The summed E-state index contributed by atoms with van der Waals surface area (Å²) in [6.45, 7) is 3.44.